The van der Waals surface area contributed by atoms with Crippen molar-refractivity contribution in [3.8, 4) is 17.6 Å². The van der Waals surface area contributed by atoms with E-state index in [0.29, 0.717) is 17.7 Å². The van der Waals surface area contributed by atoms with Gasteiger partial charge in [-0.3, -0.25) is 14.9 Å². The Morgan fingerprint density at radius 2 is 1.82 bits per heavy atom. The molecule has 0 saturated heterocycles. The normalized spacial score (nSPS) is 11.1. The molecule has 0 aliphatic carbocycles. The number of rotatable bonds is 6. The molecule has 12 heteroatoms. The minimum Gasteiger partial charge on any atom is -0.450 e. The van der Waals surface area contributed by atoms with Crippen LogP contribution in [0.15, 0.2) is 65.8 Å². The molecule has 0 bridgehead atoms. The van der Waals surface area contributed by atoms with E-state index in [9.17, 15) is 32.5 Å². The van der Waals surface area contributed by atoms with E-state index in [4.69, 9.17) is 10.00 Å². The third-order valence-corrected chi connectivity index (χ3v) is 4.31. The molecule has 0 unspecified atom stereocenters. The second kappa shape index (κ2) is 9.78. The molecule has 0 spiro atoms. The lowest BCUT2D eigenvalue weighted by molar-refractivity contribution is -0.385. The number of halogens is 4. The molecule has 172 valence electrons. The average molecular weight is 472 g/mol. The van der Waals surface area contributed by atoms with Crippen LogP contribution in [-0.4, -0.2) is 17.0 Å². The predicted molar refractivity (Wildman–Crippen MR) is 111 cm³/mol. The first-order valence-corrected chi connectivity index (χ1v) is 9.25. The lowest BCUT2D eigenvalue weighted by atomic mass is 10.1. The molecular formula is C22H12F4N4O4. The summed E-state index contributed by atoms with van der Waals surface area (Å²) in [7, 11) is 0. The monoisotopic (exact) mass is 472 g/mol. The summed E-state index contributed by atoms with van der Waals surface area (Å²) in [5, 5.41) is 23.6. The Kier molecular flexibility index (Phi) is 6.87. The van der Waals surface area contributed by atoms with E-state index in [-0.39, 0.29) is 22.6 Å². The first-order valence-electron chi connectivity index (χ1n) is 9.25. The van der Waals surface area contributed by atoms with Gasteiger partial charge in [0.25, 0.3) is 5.91 Å². The summed E-state index contributed by atoms with van der Waals surface area (Å²) in [5.41, 5.74) is 0.302. The van der Waals surface area contributed by atoms with Crippen LogP contribution in [0.2, 0.25) is 0 Å². The molecule has 0 aliphatic rings. The van der Waals surface area contributed by atoms with Crippen LogP contribution in [0.1, 0.15) is 27.0 Å². The highest BCUT2D eigenvalue weighted by molar-refractivity contribution is 5.95. The van der Waals surface area contributed by atoms with Crippen LogP contribution in [0.3, 0.4) is 0 Å². The molecule has 0 fully saturated rings. The summed E-state index contributed by atoms with van der Waals surface area (Å²) in [6.45, 7) is 0. The zero-order chi connectivity index (χ0) is 24.9. The quantitative estimate of drug-likeness (QED) is 0.230. The number of alkyl halides is 3. The molecule has 3 aromatic rings. The van der Waals surface area contributed by atoms with Crippen molar-refractivity contribution in [3.63, 3.8) is 0 Å². The zero-order valence-electron chi connectivity index (χ0n) is 16.8. The fraction of sp³-hybridized carbons (Fsp3) is 0.0455. The summed E-state index contributed by atoms with van der Waals surface area (Å²) >= 11 is 0. The summed E-state index contributed by atoms with van der Waals surface area (Å²) in [5.74, 6) is -2.00. The van der Waals surface area contributed by atoms with Gasteiger partial charge in [-0.05, 0) is 60.2 Å². The van der Waals surface area contributed by atoms with Gasteiger partial charge < -0.3 is 4.74 Å². The maximum Gasteiger partial charge on any atom is 0.416 e. The van der Waals surface area contributed by atoms with Crippen LogP contribution in [0.4, 0.5) is 23.2 Å². The molecule has 0 radical (unpaired) electrons. The molecule has 0 heterocycles. The molecule has 3 rings (SSSR count). The van der Waals surface area contributed by atoms with Crippen LogP contribution >= 0.6 is 0 Å². The average Bonchev–Trinajstić information content (AvgIpc) is 2.79. The van der Waals surface area contributed by atoms with Gasteiger partial charge in [-0.2, -0.15) is 23.5 Å². The fourth-order valence-electron chi connectivity index (χ4n) is 2.67. The molecule has 0 aliphatic heterocycles. The first-order chi connectivity index (χ1) is 16.1. The Morgan fingerprint density at radius 3 is 2.41 bits per heavy atom. The highest BCUT2D eigenvalue weighted by Gasteiger charge is 2.33. The first kappa shape index (κ1) is 23.9. The topological polar surface area (TPSA) is 118 Å². The van der Waals surface area contributed by atoms with Crippen LogP contribution in [0.5, 0.6) is 11.5 Å². The third kappa shape index (κ3) is 5.71. The van der Waals surface area contributed by atoms with E-state index in [2.05, 4.69) is 10.5 Å². The molecule has 0 aromatic heterocycles. The van der Waals surface area contributed by atoms with Crippen molar-refractivity contribution in [2.75, 3.05) is 0 Å². The highest BCUT2D eigenvalue weighted by Crippen LogP contribution is 2.37. The number of benzene rings is 3. The van der Waals surface area contributed by atoms with Crippen LogP contribution < -0.4 is 10.2 Å². The standard InChI is InChI=1S/C22H12F4N4O4/c23-18-9-14(11-27)3-7-17(18)21(31)29-28-12-13-1-5-16(6-2-13)34-20-8-4-15(22(24,25)26)10-19(20)30(32)33/h1-10,12H,(H,29,31)/b28-12-. The summed E-state index contributed by atoms with van der Waals surface area (Å²) in [6, 6.07) is 12.7. The van der Waals surface area contributed by atoms with Crippen molar-refractivity contribution in [2.45, 2.75) is 6.18 Å². The Morgan fingerprint density at radius 1 is 1.12 bits per heavy atom. The number of amides is 1. The Hall–Kier alpha value is -4.79. The van der Waals surface area contributed by atoms with Gasteiger partial charge in [0.1, 0.15) is 11.6 Å². The summed E-state index contributed by atoms with van der Waals surface area (Å²) < 4.78 is 57.6. The van der Waals surface area contributed by atoms with Crippen LogP contribution in [-0.2, 0) is 6.18 Å². The van der Waals surface area contributed by atoms with Crippen molar-refractivity contribution in [1.29, 1.82) is 5.26 Å². The van der Waals surface area contributed by atoms with Crippen LogP contribution in [0.25, 0.3) is 0 Å². The largest absolute Gasteiger partial charge is 0.450 e. The number of nitrogens with zero attached hydrogens (tertiary/aromatic N) is 3. The van der Waals surface area contributed by atoms with Crippen molar-refractivity contribution in [1.82, 2.24) is 5.43 Å². The maximum atomic E-state index is 13.8. The number of hydrogen-bond acceptors (Lipinski definition) is 6. The van der Waals surface area contributed by atoms with E-state index >= 15 is 0 Å². The predicted octanol–water partition coefficient (Wildman–Crippen LogP) is 5.18. The van der Waals surface area contributed by atoms with Gasteiger partial charge in [0, 0.05) is 6.07 Å². The number of ether oxygens (including phenoxy) is 1. The number of nitriles is 1. The second-order valence-electron chi connectivity index (χ2n) is 6.61. The van der Waals surface area contributed by atoms with Gasteiger partial charge >= 0.3 is 11.9 Å². The number of carbonyl (C=O) groups excluding carboxylic acids is 1. The van der Waals surface area contributed by atoms with Crippen molar-refractivity contribution >= 4 is 17.8 Å². The zero-order valence-corrected chi connectivity index (χ0v) is 16.8. The van der Waals surface area contributed by atoms with Crippen molar-refractivity contribution in [2.24, 2.45) is 5.10 Å². The molecule has 34 heavy (non-hydrogen) atoms. The minimum atomic E-state index is -4.74. The Bertz CT molecular complexity index is 1320. The Balaban J connectivity index is 1.68. The van der Waals surface area contributed by atoms with E-state index in [0.717, 1.165) is 18.2 Å². The van der Waals surface area contributed by atoms with E-state index in [1.807, 2.05) is 0 Å². The second-order valence-corrected chi connectivity index (χ2v) is 6.61. The van der Waals surface area contributed by atoms with Gasteiger partial charge in [0.15, 0.2) is 0 Å². The highest BCUT2D eigenvalue weighted by atomic mass is 19.4. The lowest BCUT2D eigenvalue weighted by Gasteiger charge is -2.10. The minimum absolute atomic E-state index is 0.0569. The van der Waals surface area contributed by atoms with Crippen molar-refractivity contribution in [3.05, 3.63) is 98.8 Å². The molecule has 0 atom stereocenters. The molecular weight excluding hydrogens is 460 g/mol. The maximum absolute atomic E-state index is 13.8. The molecule has 0 saturated carbocycles. The lowest BCUT2D eigenvalue weighted by Crippen LogP contribution is -2.19. The number of nitro benzene ring substituents is 1. The number of hydrogen-bond donors (Lipinski definition) is 1. The summed E-state index contributed by atoms with van der Waals surface area (Å²) in [6.07, 6.45) is -3.52. The summed E-state index contributed by atoms with van der Waals surface area (Å²) in [4.78, 5) is 22.2. The van der Waals surface area contributed by atoms with E-state index in [1.54, 1.807) is 6.07 Å². The van der Waals surface area contributed by atoms with Gasteiger partial charge in [0.2, 0.25) is 5.75 Å². The third-order valence-electron chi connectivity index (χ3n) is 4.31. The van der Waals surface area contributed by atoms with E-state index < -0.39 is 34.1 Å². The smallest absolute Gasteiger partial charge is 0.416 e. The molecule has 3 aromatic carbocycles. The Labute approximate surface area is 188 Å². The fourth-order valence-corrected chi connectivity index (χ4v) is 2.67. The van der Waals surface area contributed by atoms with Gasteiger partial charge in [0.05, 0.1) is 33.9 Å². The molecule has 8 nitrogen and oxygen atoms in total. The van der Waals surface area contributed by atoms with Gasteiger partial charge in [-0.25, -0.2) is 9.82 Å². The van der Waals surface area contributed by atoms with E-state index in [1.165, 1.54) is 36.5 Å². The van der Waals surface area contributed by atoms with Gasteiger partial charge in [-0.1, -0.05) is 0 Å². The SMILES string of the molecule is N#Cc1ccc(C(=O)N/N=C\c2ccc(Oc3ccc(C(F)(F)F)cc3[N+](=O)[O-])cc2)c(F)c1. The van der Waals surface area contributed by atoms with Crippen molar-refractivity contribution < 1.29 is 32.0 Å². The van der Waals surface area contributed by atoms with Crippen LogP contribution in [0, 0.1) is 27.3 Å². The number of nitrogens with one attached hydrogen (secondary N) is 1. The number of hydrazone groups is 1. The molecule has 1 N–H and O–H groups in total. The van der Waals surface area contributed by atoms with Gasteiger partial charge in [-0.15, -0.1) is 0 Å². The number of nitro groups is 1. The molecule has 1 amide bonds. The number of carbonyl (C=O) groups is 1.